The first kappa shape index (κ1) is 8.35. The molecule has 3 nitrogen and oxygen atoms in total. The number of hydrogen-bond donors (Lipinski definition) is 1. The Morgan fingerprint density at radius 3 is 3.00 bits per heavy atom. The number of nitrogens with zero attached hydrogens (tertiary/aromatic N) is 1. The Morgan fingerprint density at radius 1 is 1.54 bits per heavy atom. The van der Waals surface area contributed by atoms with E-state index in [4.69, 9.17) is 0 Å². The fourth-order valence-corrected chi connectivity index (χ4v) is 2.09. The molecule has 0 aliphatic heterocycles. The molecule has 0 unspecified atom stereocenters. The number of fused-ring (bicyclic) bond motifs is 1. The molecular weight excluding hydrogens is 164 g/mol. The highest BCUT2D eigenvalue weighted by Crippen LogP contribution is 2.26. The fraction of sp³-hybridized carbons (Fsp3) is 0.500. The molecule has 0 atom stereocenters. The molecule has 1 aromatic rings. The summed E-state index contributed by atoms with van der Waals surface area (Å²) in [6, 6.07) is 0. The molecule has 1 aliphatic rings. The van der Waals surface area contributed by atoms with E-state index in [0.717, 1.165) is 18.4 Å². The zero-order chi connectivity index (χ0) is 9.42. The van der Waals surface area contributed by atoms with Gasteiger partial charge in [0.2, 0.25) is 0 Å². The minimum atomic E-state index is 0.0405. The maximum Gasteiger partial charge on any atom is 0.252 e. The van der Waals surface area contributed by atoms with Crippen LogP contribution in [0.2, 0.25) is 0 Å². The van der Waals surface area contributed by atoms with Crippen LogP contribution in [0.3, 0.4) is 0 Å². The van der Waals surface area contributed by atoms with Gasteiger partial charge in [-0.3, -0.25) is 4.79 Å². The Bertz CT molecular complexity index is 352. The molecule has 1 N–H and O–H groups in total. The standard InChI is InChI=1S/C10H14N2O/c1-11-10(13)8-6-12(2)9-5-3-4-7(8)9/h6H,3-5H2,1-2H3,(H,11,13). The third kappa shape index (κ3) is 1.15. The third-order valence-electron chi connectivity index (χ3n) is 2.73. The first-order valence-corrected chi connectivity index (χ1v) is 4.63. The van der Waals surface area contributed by atoms with E-state index in [1.165, 1.54) is 17.7 Å². The zero-order valence-corrected chi connectivity index (χ0v) is 8.05. The summed E-state index contributed by atoms with van der Waals surface area (Å²) in [6.07, 6.45) is 5.29. The molecule has 1 aromatic heterocycles. The molecule has 1 amide bonds. The molecule has 3 heteroatoms. The summed E-state index contributed by atoms with van der Waals surface area (Å²) in [5, 5.41) is 2.67. The van der Waals surface area contributed by atoms with Crippen molar-refractivity contribution < 1.29 is 4.79 Å². The smallest absolute Gasteiger partial charge is 0.252 e. The van der Waals surface area contributed by atoms with Gasteiger partial charge in [-0.1, -0.05) is 0 Å². The monoisotopic (exact) mass is 178 g/mol. The van der Waals surface area contributed by atoms with Gasteiger partial charge >= 0.3 is 0 Å². The SMILES string of the molecule is CNC(=O)c1cn(C)c2c1CCC2. The van der Waals surface area contributed by atoms with Gasteiger partial charge in [-0.2, -0.15) is 0 Å². The fourth-order valence-electron chi connectivity index (χ4n) is 2.09. The van der Waals surface area contributed by atoms with Crippen LogP contribution >= 0.6 is 0 Å². The van der Waals surface area contributed by atoms with E-state index < -0.39 is 0 Å². The molecule has 0 bridgehead atoms. The van der Waals surface area contributed by atoms with Crippen molar-refractivity contribution in [2.75, 3.05) is 7.05 Å². The van der Waals surface area contributed by atoms with E-state index in [1.54, 1.807) is 7.05 Å². The molecule has 0 spiro atoms. The number of carbonyl (C=O) groups is 1. The topological polar surface area (TPSA) is 34.0 Å². The number of hydrogen-bond acceptors (Lipinski definition) is 1. The second-order valence-electron chi connectivity index (χ2n) is 3.51. The largest absolute Gasteiger partial charge is 0.355 e. The molecule has 1 aliphatic carbocycles. The summed E-state index contributed by atoms with van der Waals surface area (Å²) in [6.45, 7) is 0. The van der Waals surface area contributed by atoms with Crippen LogP contribution in [0.15, 0.2) is 6.20 Å². The lowest BCUT2D eigenvalue weighted by Gasteiger charge is -1.97. The number of nitrogens with one attached hydrogen (secondary N) is 1. The van der Waals surface area contributed by atoms with Crippen LogP contribution in [-0.4, -0.2) is 17.5 Å². The number of aryl methyl sites for hydroxylation is 1. The highest BCUT2D eigenvalue weighted by Gasteiger charge is 2.22. The maximum atomic E-state index is 11.5. The predicted molar refractivity (Wildman–Crippen MR) is 50.8 cm³/mol. The summed E-state index contributed by atoms with van der Waals surface area (Å²) < 4.78 is 2.08. The van der Waals surface area contributed by atoms with Crippen LogP contribution in [-0.2, 0) is 19.9 Å². The highest BCUT2D eigenvalue weighted by molar-refractivity contribution is 5.95. The van der Waals surface area contributed by atoms with Crippen molar-refractivity contribution >= 4 is 5.91 Å². The van der Waals surface area contributed by atoms with Gasteiger partial charge in [0.05, 0.1) is 5.56 Å². The van der Waals surface area contributed by atoms with Gasteiger partial charge in [0, 0.05) is 26.0 Å². The Balaban J connectivity index is 2.48. The van der Waals surface area contributed by atoms with Gasteiger partial charge in [-0.15, -0.1) is 0 Å². The molecule has 0 radical (unpaired) electrons. The maximum absolute atomic E-state index is 11.5. The van der Waals surface area contributed by atoms with Crippen LogP contribution < -0.4 is 5.32 Å². The van der Waals surface area contributed by atoms with E-state index in [9.17, 15) is 4.79 Å². The van der Waals surface area contributed by atoms with Gasteiger partial charge in [-0.25, -0.2) is 0 Å². The van der Waals surface area contributed by atoms with Gasteiger partial charge in [-0.05, 0) is 24.8 Å². The molecule has 70 valence electrons. The van der Waals surface area contributed by atoms with Gasteiger partial charge in [0.1, 0.15) is 0 Å². The summed E-state index contributed by atoms with van der Waals surface area (Å²) >= 11 is 0. The molecule has 2 rings (SSSR count). The van der Waals surface area contributed by atoms with Crippen molar-refractivity contribution in [1.29, 1.82) is 0 Å². The van der Waals surface area contributed by atoms with Gasteiger partial charge in [0.15, 0.2) is 0 Å². The molecule has 13 heavy (non-hydrogen) atoms. The molecule has 0 fully saturated rings. The van der Waals surface area contributed by atoms with E-state index >= 15 is 0 Å². The van der Waals surface area contributed by atoms with Crippen molar-refractivity contribution in [1.82, 2.24) is 9.88 Å². The average Bonchev–Trinajstić information content (AvgIpc) is 2.68. The summed E-state index contributed by atoms with van der Waals surface area (Å²) in [7, 11) is 3.69. The lowest BCUT2D eigenvalue weighted by atomic mass is 10.1. The number of amides is 1. The minimum Gasteiger partial charge on any atom is -0.355 e. The van der Waals surface area contributed by atoms with Crippen molar-refractivity contribution in [3.05, 3.63) is 23.0 Å². The van der Waals surface area contributed by atoms with Crippen molar-refractivity contribution in [3.63, 3.8) is 0 Å². The van der Waals surface area contributed by atoms with Crippen LogP contribution in [0.1, 0.15) is 28.0 Å². The Labute approximate surface area is 77.7 Å². The Hall–Kier alpha value is -1.25. The summed E-state index contributed by atoms with van der Waals surface area (Å²) in [4.78, 5) is 11.5. The van der Waals surface area contributed by atoms with Crippen molar-refractivity contribution in [2.24, 2.45) is 7.05 Å². The first-order chi connectivity index (χ1) is 6.24. The van der Waals surface area contributed by atoms with Crippen LogP contribution in [0.25, 0.3) is 0 Å². The summed E-state index contributed by atoms with van der Waals surface area (Å²) in [5.74, 6) is 0.0405. The van der Waals surface area contributed by atoms with E-state index in [-0.39, 0.29) is 5.91 Å². The average molecular weight is 178 g/mol. The summed E-state index contributed by atoms with van der Waals surface area (Å²) in [5.41, 5.74) is 3.44. The Morgan fingerprint density at radius 2 is 2.31 bits per heavy atom. The number of aromatic nitrogens is 1. The van der Waals surface area contributed by atoms with Crippen LogP contribution in [0.5, 0.6) is 0 Å². The second-order valence-corrected chi connectivity index (χ2v) is 3.51. The number of rotatable bonds is 1. The van der Waals surface area contributed by atoms with Gasteiger partial charge in [0.25, 0.3) is 5.91 Å². The molecule has 1 heterocycles. The lowest BCUT2D eigenvalue weighted by Crippen LogP contribution is -2.18. The van der Waals surface area contributed by atoms with Crippen LogP contribution in [0.4, 0.5) is 0 Å². The zero-order valence-electron chi connectivity index (χ0n) is 8.05. The molecular formula is C10H14N2O. The molecule has 0 saturated heterocycles. The molecule has 0 aromatic carbocycles. The van der Waals surface area contributed by atoms with Crippen molar-refractivity contribution in [3.8, 4) is 0 Å². The van der Waals surface area contributed by atoms with Crippen molar-refractivity contribution in [2.45, 2.75) is 19.3 Å². The van der Waals surface area contributed by atoms with Crippen LogP contribution in [0, 0.1) is 0 Å². The Kier molecular flexibility index (Phi) is 1.87. The number of carbonyl (C=O) groups excluding carboxylic acids is 1. The van der Waals surface area contributed by atoms with Gasteiger partial charge < -0.3 is 9.88 Å². The normalized spacial score (nSPS) is 14.3. The second kappa shape index (κ2) is 2.91. The quantitative estimate of drug-likeness (QED) is 0.680. The first-order valence-electron chi connectivity index (χ1n) is 4.63. The highest BCUT2D eigenvalue weighted by atomic mass is 16.1. The lowest BCUT2D eigenvalue weighted by molar-refractivity contribution is 0.0962. The van der Waals surface area contributed by atoms with E-state index in [0.29, 0.717) is 0 Å². The minimum absolute atomic E-state index is 0.0405. The predicted octanol–water partition coefficient (Wildman–Crippen LogP) is 0.873. The molecule has 0 saturated carbocycles. The van der Waals surface area contributed by atoms with E-state index in [1.807, 2.05) is 13.2 Å². The third-order valence-corrected chi connectivity index (χ3v) is 2.73. The van der Waals surface area contributed by atoms with E-state index in [2.05, 4.69) is 9.88 Å².